The van der Waals surface area contributed by atoms with Gasteiger partial charge >= 0.3 is 0 Å². The van der Waals surface area contributed by atoms with E-state index in [-0.39, 0.29) is 6.10 Å². The second-order valence-corrected chi connectivity index (χ2v) is 6.99. The van der Waals surface area contributed by atoms with Crippen LogP contribution < -0.4 is 5.32 Å². The number of rotatable bonds is 5. The summed E-state index contributed by atoms with van der Waals surface area (Å²) in [6.45, 7) is 10.1. The average Bonchev–Trinajstić information content (AvgIpc) is 2.40. The van der Waals surface area contributed by atoms with E-state index in [1.807, 2.05) is 0 Å². The summed E-state index contributed by atoms with van der Waals surface area (Å²) in [6.07, 6.45) is 7.53. The first-order valence-corrected chi connectivity index (χ1v) is 8.25. The fourth-order valence-corrected chi connectivity index (χ4v) is 3.80. The molecule has 1 atom stereocenters. The first kappa shape index (κ1) is 15.3. The minimum absolute atomic E-state index is 0.0903. The van der Waals surface area contributed by atoms with Gasteiger partial charge in [-0.05, 0) is 50.1 Å². The molecule has 0 spiro atoms. The van der Waals surface area contributed by atoms with Crippen LogP contribution in [0.1, 0.15) is 52.4 Å². The minimum Gasteiger partial charge on any atom is -0.392 e. The molecule has 2 N–H and O–H groups in total. The fourth-order valence-electron chi connectivity index (χ4n) is 3.80. The molecule has 2 rings (SSSR count). The molecular weight excluding hydrogens is 236 g/mol. The van der Waals surface area contributed by atoms with E-state index in [4.69, 9.17) is 0 Å². The van der Waals surface area contributed by atoms with Gasteiger partial charge < -0.3 is 15.3 Å². The van der Waals surface area contributed by atoms with E-state index < -0.39 is 0 Å². The SMILES string of the molecule is CCNCC1(CN2CCCC(O)C2)CCC(C)CC1. The van der Waals surface area contributed by atoms with E-state index in [1.54, 1.807) is 0 Å². The van der Waals surface area contributed by atoms with Crippen LogP contribution in [0.2, 0.25) is 0 Å². The maximum absolute atomic E-state index is 9.85. The molecule has 2 fully saturated rings. The Morgan fingerprint density at radius 3 is 2.63 bits per heavy atom. The zero-order chi connectivity index (χ0) is 13.7. The van der Waals surface area contributed by atoms with Crippen LogP contribution in [-0.4, -0.2) is 48.8 Å². The Bertz CT molecular complexity index is 256. The van der Waals surface area contributed by atoms with E-state index in [0.29, 0.717) is 5.41 Å². The van der Waals surface area contributed by atoms with Gasteiger partial charge in [-0.25, -0.2) is 0 Å². The molecule has 1 heterocycles. The highest BCUT2D eigenvalue weighted by Gasteiger charge is 2.36. The number of nitrogens with one attached hydrogen (secondary N) is 1. The van der Waals surface area contributed by atoms with Crippen molar-refractivity contribution in [2.75, 3.05) is 32.7 Å². The van der Waals surface area contributed by atoms with Crippen molar-refractivity contribution in [1.29, 1.82) is 0 Å². The number of β-amino-alcohol motifs (C(OH)–C–C–N with tert-alkyl or cyclic N) is 1. The van der Waals surface area contributed by atoms with Crippen LogP contribution in [-0.2, 0) is 0 Å². The summed E-state index contributed by atoms with van der Waals surface area (Å²) < 4.78 is 0. The Morgan fingerprint density at radius 1 is 1.26 bits per heavy atom. The first-order chi connectivity index (χ1) is 9.13. The van der Waals surface area contributed by atoms with E-state index in [1.165, 1.54) is 38.8 Å². The quantitative estimate of drug-likeness (QED) is 0.803. The molecule has 2 aliphatic rings. The highest BCUT2D eigenvalue weighted by Crippen LogP contribution is 2.39. The molecule has 1 unspecified atom stereocenters. The van der Waals surface area contributed by atoms with Gasteiger partial charge in [0.25, 0.3) is 0 Å². The van der Waals surface area contributed by atoms with E-state index in [9.17, 15) is 5.11 Å². The molecule has 0 aromatic heterocycles. The van der Waals surface area contributed by atoms with Crippen LogP contribution >= 0.6 is 0 Å². The maximum atomic E-state index is 9.85. The Hall–Kier alpha value is -0.120. The minimum atomic E-state index is -0.0903. The summed E-state index contributed by atoms with van der Waals surface area (Å²) in [6, 6.07) is 0. The monoisotopic (exact) mass is 268 g/mol. The molecule has 3 nitrogen and oxygen atoms in total. The lowest BCUT2D eigenvalue weighted by atomic mass is 9.70. The third-order valence-electron chi connectivity index (χ3n) is 5.12. The van der Waals surface area contributed by atoms with Crippen molar-refractivity contribution < 1.29 is 5.11 Å². The number of piperidine rings is 1. The third-order valence-corrected chi connectivity index (χ3v) is 5.12. The van der Waals surface area contributed by atoms with Crippen molar-refractivity contribution in [3.63, 3.8) is 0 Å². The summed E-state index contributed by atoms with van der Waals surface area (Å²) in [4.78, 5) is 2.52. The van der Waals surface area contributed by atoms with Crippen LogP contribution in [0.4, 0.5) is 0 Å². The molecule has 1 aliphatic carbocycles. The van der Waals surface area contributed by atoms with E-state index in [2.05, 4.69) is 24.1 Å². The largest absolute Gasteiger partial charge is 0.392 e. The van der Waals surface area contributed by atoms with Gasteiger partial charge in [0.05, 0.1) is 6.10 Å². The predicted molar refractivity (Wildman–Crippen MR) is 80.3 cm³/mol. The third kappa shape index (κ3) is 4.44. The molecule has 19 heavy (non-hydrogen) atoms. The zero-order valence-electron chi connectivity index (χ0n) is 12.8. The van der Waals surface area contributed by atoms with Crippen molar-refractivity contribution in [2.45, 2.75) is 58.5 Å². The summed E-state index contributed by atoms with van der Waals surface area (Å²) in [5.41, 5.74) is 0.458. The Kier molecular flexibility index (Phi) is 5.67. The highest BCUT2D eigenvalue weighted by atomic mass is 16.3. The van der Waals surface area contributed by atoms with Gasteiger partial charge in [0, 0.05) is 19.6 Å². The lowest BCUT2D eigenvalue weighted by molar-refractivity contribution is 0.0260. The Morgan fingerprint density at radius 2 is 2.00 bits per heavy atom. The lowest BCUT2D eigenvalue weighted by Crippen LogP contribution is -2.49. The van der Waals surface area contributed by atoms with E-state index in [0.717, 1.165) is 38.4 Å². The number of nitrogens with zero attached hydrogens (tertiary/aromatic N) is 1. The molecule has 0 bridgehead atoms. The molecular formula is C16H32N2O. The normalized spacial score (nSPS) is 37.4. The molecule has 0 amide bonds. The standard InChI is InChI=1S/C16H32N2O/c1-3-17-12-16(8-6-14(2)7-9-16)13-18-10-4-5-15(19)11-18/h14-15,17,19H,3-13H2,1-2H3. The lowest BCUT2D eigenvalue weighted by Gasteiger charge is -2.44. The first-order valence-electron chi connectivity index (χ1n) is 8.25. The van der Waals surface area contributed by atoms with Gasteiger partial charge in [-0.2, -0.15) is 0 Å². The van der Waals surface area contributed by atoms with Crippen molar-refractivity contribution >= 4 is 0 Å². The molecule has 0 aromatic carbocycles. The van der Waals surface area contributed by atoms with Crippen molar-refractivity contribution in [2.24, 2.45) is 11.3 Å². The Labute approximate surface area is 118 Å². The van der Waals surface area contributed by atoms with Gasteiger partial charge in [-0.15, -0.1) is 0 Å². The topological polar surface area (TPSA) is 35.5 Å². The summed E-state index contributed by atoms with van der Waals surface area (Å²) in [5, 5.41) is 13.4. The molecule has 112 valence electrons. The van der Waals surface area contributed by atoms with Crippen LogP contribution in [0.5, 0.6) is 0 Å². The molecule has 0 radical (unpaired) electrons. The molecule has 1 saturated carbocycles. The van der Waals surface area contributed by atoms with Crippen LogP contribution in [0, 0.1) is 11.3 Å². The van der Waals surface area contributed by atoms with Crippen molar-refractivity contribution in [3.8, 4) is 0 Å². The van der Waals surface area contributed by atoms with Gasteiger partial charge in [0.15, 0.2) is 0 Å². The summed E-state index contributed by atoms with van der Waals surface area (Å²) in [5.74, 6) is 0.904. The zero-order valence-corrected chi connectivity index (χ0v) is 12.8. The smallest absolute Gasteiger partial charge is 0.0667 e. The van der Waals surface area contributed by atoms with Crippen LogP contribution in [0.15, 0.2) is 0 Å². The number of hydrogen-bond donors (Lipinski definition) is 2. The van der Waals surface area contributed by atoms with Gasteiger partial charge in [0.2, 0.25) is 0 Å². The highest BCUT2D eigenvalue weighted by molar-refractivity contribution is 4.90. The van der Waals surface area contributed by atoms with Crippen molar-refractivity contribution in [1.82, 2.24) is 10.2 Å². The van der Waals surface area contributed by atoms with Crippen molar-refractivity contribution in [3.05, 3.63) is 0 Å². The van der Waals surface area contributed by atoms with Gasteiger partial charge in [-0.3, -0.25) is 0 Å². The molecule has 3 heteroatoms. The number of aliphatic hydroxyl groups excluding tert-OH is 1. The second kappa shape index (κ2) is 7.05. The summed E-state index contributed by atoms with van der Waals surface area (Å²) in [7, 11) is 0. The van der Waals surface area contributed by atoms with E-state index >= 15 is 0 Å². The average molecular weight is 268 g/mol. The molecule has 1 saturated heterocycles. The predicted octanol–water partition coefficient (Wildman–Crippen LogP) is 2.25. The van der Waals surface area contributed by atoms with Crippen LogP contribution in [0.3, 0.4) is 0 Å². The maximum Gasteiger partial charge on any atom is 0.0667 e. The van der Waals surface area contributed by atoms with Crippen LogP contribution in [0.25, 0.3) is 0 Å². The second-order valence-electron chi connectivity index (χ2n) is 6.99. The molecule has 1 aliphatic heterocycles. The Balaban J connectivity index is 1.92. The number of aliphatic hydroxyl groups is 1. The summed E-state index contributed by atoms with van der Waals surface area (Å²) >= 11 is 0. The number of hydrogen-bond acceptors (Lipinski definition) is 3. The van der Waals surface area contributed by atoms with Gasteiger partial charge in [-0.1, -0.05) is 26.7 Å². The van der Waals surface area contributed by atoms with Gasteiger partial charge in [0.1, 0.15) is 0 Å². The molecule has 0 aromatic rings. The fraction of sp³-hybridized carbons (Fsp3) is 1.00. The number of likely N-dealkylation sites (tertiary alicyclic amines) is 1.